The van der Waals surface area contributed by atoms with E-state index in [4.69, 9.17) is 13.9 Å². The van der Waals surface area contributed by atoms with Gasteiger partial charge >= 0.3 is 0 Å². The van der Waals surface area contributed by atoms with Crippen molar-refractivity contribution in [2.45, 2.75) is 96.2 Å². The van der Waals surface area contributed by atoms with E-state index in [0.717, 1.165) is 38.0 Å². The van der Waals surface area contributed by atoms with Gasteiger partial charge in [-0.1, -0.05) is 20.8 Å². The van der Waals surface area contributed by atoms with Crippen molar-refractivity contribution >= 4 is 8.32 Å². The summed E-state index contributed by atoms with van der Waals surface area (Å²) in [7, 11) is -1.64. The fourth-order valence-corrected chi connectivity index (χ4v) is 4.23. The Hall–Kier alpha value is -0.323. The average Bonchev–Trinajstić information content (AvgIpc) is 2.77. The second-order valence-electron chi connectivity index (χ2n) is 8.64. The van der Waals surface area contributed by atoms with Gasteiger partial charge in [-0.25, -0.2) is 0 Å². The third kappa shape index (κ3) is 3.95. The van der Waals surface area contributed by atoms with Crippen LogP contribution in [0, 0.1) is 0 Å². The molecule has 4 heteroatoms. The topological polar surface area (TPSA) is 27.7 Å². The molecular formula is C18H34O3Si. The molecule has 0 aromatic rings. The maximum atomic E-state index is 6.30. The highest BCUT2D eigenvalue weighted by Gasteiger charge is 2.44. The summed E-state index contributed by atoms with van der Waals surface area (Å²) in [6.45, 7) is 16.6. The third-order valence-corrected chi connectivity index (χ3v) is 10.2. The number of ether oxygens (including phenoxy) is 2. The SMILES string of the molecule is CC1=C[C@@H]2CC[C@@H](O2)[C@@](C)(CCCO[Si](C)(C)C(C)(C)C)O1. The Morgan fingerprint density at radius 3 is 2.64 bits per heavy atom. The number of rotatable bonds is 5. The van der Waals surface area contributed by atoms with Crippen LogP contribution in [0.2, 0.25) is 18.1 Å². The van der Waals surface area contributed by atoms with Gasteiger partial charge in [-0.05, 0) is 63.7 Å². The summed E-state index contributed by atoms with van der Waals surface area (Å²) in [5.74, 6) is 1.01. The van der Waals surface area contributed by atoms with Crippen molar-refractivity contribution in [3.05, 3.63) is 11.8 Å². The Labute approximate surface area is 137 Å². The summed E-state index contributed by atoms with van der Waals surface area (Å²) in [5, 5.41) is 0.275. The summed E-state index contributed by atoms with van der Waals surface area (Å²) in [5.41, 5.74) is -0.206. The molecule has 3 nitrogen and oxygen atoms in total. The van der Waals surface area contributed by atoms with Crippen molar-refractivity contribution in [2.75, 3.05) is 6.61 Å². The second-order valence-corrected chi connectivity index (χ2v) is 13.5. The highest BCUT2D eigenvalue weighted by Crippen LogP contribution is 2.40. The molecule has 2 bridgehead atoms. The molecule has 22 heavy (non-hydrogen) atoms. The molecule has 2 aliphatic rings. The van der Waals surface area contributed by atoms with E-state index in [-0.39, 0.29) is 22.8 Å². The minimum Gasteiger partial charge on any atom is -0.490 e. The van der Waals surface area contributed by atoms with E-state index in [9.17, 15) is 0 Å². The molecule has 0 aromatic heterocycles. The molecule has 3 atom stereocenters. The van der Waals surface area contributed by atoms with Gasteiger partial charge in [0.2, 0.25) is 0 Å². The predicted octanol–water partition coefficient (Wildman–Crippen LogP) is 5.03. The predicted molar refractivity (Wildman–Crippen MR) is 93.5 cm³/mol. The van der Waals surface area contributed by atoms with Crippen LogP contribution in [-0.4, -0.2) is 32.7 Å². The van der Waals surface area contributed by atoms with Crippen molar-refractivity contribution in [1.82, 2.24) is 0 Å². The molecule has 2 rings (SSSR count). The van der Waals surface area contributed by atoms with E-state index < -0.39 is 8.32 Å². The van der Waals surface area contributed by atoms with Gasteiger partial charge in [0, 0.05) is 6.61 Å². The van der Waals surface area contributed by atoms with Gasteiger partial charge in [0.05, 0.1) is 18.0 Å². The lowest BCUT2D eigenvalue weighted by molar-refractivity contribution is -0.0941. The standard InChI is InChI=1S/C18H34O3Si/c1-14-13-15-9-10-16(20-15)18(5,21-14)11-8-12-19-22(6,7)17(2,3)4/h13,15-16H,8-12H2,1-7H3/t15-,16+,18+/m0/s1. The minimum atomic E-state index is -1.64. The van der Waals surface area contributed by atoms with Crippen molar-refractivity contribution in [2.24, 2.45) is 0 Å². The van der Waals surface area contributed by atoms with E-state index >= 15 is 0 Å². The maximum Gasteiger partial charge on any atom is 0.191 e. The van der Waals surface area contributed by atoms with Gasteiger partial charge in [-0.3, -0.25) is 0 Å². The van der Waals surface area contributed by atoms with Crippen molar-refractivity contribution in [1.29, 1.82) is 0 Å². The largest absolute Gasteiger partial charge is 0.490 e. The van der Waals surface area contributed by atoms with Crippen LogP contribution < -0.4 is 0 Å². The fraction of sp³-hybridized carbons (Fsp3) is 0.889. The average molecular weight is 327 g/mol. The summed E-state index contributed by atoms with van der Waals surface area (Å²) in [6.07, 6.45) is 6.87. The Kier molecular flexibility index (Phi) is 5.15. The van der Waals surface area contributed by atoms with Gasteiger partial charge in [0.15, 0.2) is 8.32 Å². The van der Waals surface area contributed by atoms with Crippen LogP contribution in [0.4, 0.5) is 0 Å². The molecule has 2 aliphatic heterocycles. The first-order chi connectivity index (χ1) is 10.0. The summed E-state index contributed by atoms with van der Waals surface area (Å²) in [4.78, 5) is 0. The van der Waals surface area contributed by atoms with Gasteiger partial charge in [-0.15, -0.1) is 0 Å². The zero-order valence-corrected chi connectivity index (χ0v) is 16.5. The molecule has 128 valence electrons. The molecule has 2 heterocycles. The van der Waals surface area contributed by atoms with Crippen LogP contribution in [0.3, 0.4) is 0 Å². The number of fused-ring (bicyclic) bond motifs is 2. The van der Waals surface area contributed by atoms with Crippen LogP contribution in [0.15, 0.2) is 11.8 Å². The molecule has 1 saturated heterocycles. The van der Waals surface area contributed by atoms with E-state index in [1.807, 2.05) is 0 Å². The van der Waals surface area contributed by atoms with Gasteiger partial charge < -0.3 is 13.9 Å². The number of allylic oxidation sites excluding steroid dienone is 1. The zero-order valence-electron chi connectivity index (χ0n) is 15.5. The van der Waals surface area contributed by atoms with Crippen molar-refractivity contribution in [3.63, 3.8) is 0 Å². The number of hydrogen-bond acceptors (Lipinski definition) is 3. The minimum absolute atomic E-state index is 0.206. The van der Waals surface area contributed by atoms with Crippen LogP contribution in [0.25, 0.3) is 0 Å². The van der Waals surface area contributed by atoms with E-state index in [1.54, 1.807) is 0 Å². The zero-order chi connectivity index (χ0) is 16.6. The maximum absolute atomic E-state index is 6.30. The first-order valence-electron chi connectivity index (χ1n) is 8.70. The van der Waals surface area contributed by atoms with Crippen LogP contribution in [0.1, 0.15) is 60.3 Å². The van der Waals surface area contributed by atoms with E-state index in [1.165, 1.54) is 0 Å². The smallest absolute Gasteiger partial charge is 0.191 e. The monoisotopic (exact) mass is 326 g/mol. The van der Waals surface area contributed by atoms with Gasteiger partial charge in [-0.2, -0.15) is 0 Å². The fourth-order valence-electron chi connectivity index (χ4n) is 3.14. The first-order valence-corrected chi connectivity index (χ1v) is 11.6. The molecule has 1 fully saturated rings. The normalized spacial score (nSPS) is 32.4. The lowest BCUT2D eigenvalue weighted by Gasteiger charge is -2.37. The Balaban J connectivity index is 1.87. The molecule has 0 spiro atoms. The van der Waals surface area contributed by atoms with Crippen molar-refractivity contribution < 1.29 is 13.9 Å². The molecule has 0 radical (unpaired) electrons. The number of hydrogen-bond donors (Lipinski definition) is 0. The molecular weight excluding hydrogens is 292 g/mol. The Morgan fingerprint density at radius 1 is 1.32 bits per heavy atom. The van der Waals surface area contributed by atoms with Gasteiger partial charge in [0.25, 0.3) is 0 Å². The van der Waals surface area contributed by atoms with Crippen LogP contribution >= 0.6 is 0 Å². The lowest BCUT2D eigenvalue weighted by atomic mass is 9.90. The van der Waals surface area contributed by atoms with Crippen molar-refractivity contribution in [3.8, 4) is 0 Å². The van der Waals surface area contributed by atoms with Crippen LogP contribution in [-0.2, 0) is 13.9 Å². The molecule has 0 unspecified atom stereocenters. The van der Waals surface area contributed by atoms with Crippen LogP contribution in [0.5, 0.6) is 0 Å². The Bertz CT molecular complexity index is 425. The molecule has 0 aromatic carbocycles. The molecule has 0 amide bonds. The van der Waals surface area contributed by atoms with E-state index in [2.05, 4.69) is 53.8 Å². The quantitative estimate of drug-likeness (QED) is 0.524. The van der Waals surface area contributed by atoms with E-state index in [0.29, 0.717) is 0 Å². The first kappa shape index (κ1) is 18.0. The van der Waals surface area contributed by atoms with Gasteiger partial charge in [0.1, 0.15) is 5.60 Å². The third-order valence-electron chi connectivity index (χ3n) is 5.63. The second kappa shape index (κ2) is 6.29. The molecule has 0 saturated carbocycles. The lowest BCUT2D eigenvalue weighted by Crippen LogP contribution is -2.43. The Morgan fingerprint density at radius 2 is 2.00 bits per heavy atom. The molecule has 0 aliphatic carbocycles. The summed E-state index contributed by atoms with van der Waals surface area (Å²) >= 11 is 0. The summed E-state index contributed by atoms with van der Waals surface area (Å²) in [6, 6.07) is 0. The molecule has 0 N–H and O–H groups in total. The highest BCUT2D eigenvalue weighted by molar-refractivity contribution is 6.74. The summed E-state index contributed by atoms with van der Waals surface area (Å²) < 4.78 is 18.6. The highest BCUT2D eigenvalue weighted by atomic mass is 28.4.